The van der Waals surface area contributed by atoms with Crippen LogP contribution < -0.4 is 0 Å². The molecule has 76 valence electrons. The molecule has 0 atom stereocenters. The van der Waals surface area contributed by atoms with Gasteiger partial charge in [0, 0.05) is 13.0 Å². The summed E-state index contributed by atoms with van der Waals surface area (Å²) in [6.45, 7) is 0. The molecular formula is C10H19NO2. The topological polar surface area (TPSA) is 29.5 Å². The number of carbonyl (C=O) groups is 1. The molecule has 0 aromatic carbocycles. The summed E-state index contributed by atoms with van der Waals surface area (Å²) in [7, 11) is 3.22. The van der Waals surface area contributed by atoms with Crippen LogP contribution in [0.5, 0.6) is 0 Å². The lowest BCUT2D eigenvalue weighted by molar-refractivity contribution is -0.173. The van der Waals surface area contributed by atoms with E-state index in [1.54, 1.807) is 7.05 Å². The molecule has 0 spiro atoms. The van der Waals surface area contributed by atoms with E-state index in [0.717, 1.165) is 12.8 Å². The molecule has 0 aliphatic heterocycles. The molecule has 3 heteroatoms. The molecule has 0 radical (unpaired) electrons. The molecule has 0 bridgehead atoms. The van der Waals surface area contributed by atoms with Crippen LogP contribution in [-0.4, -0.2) is 25.1 Å². The predicted molar refractivity (Wildman–Crippen MR) is 51.0 cm³/mol. The minimum Gasteiger partial charge on any atom is -0.275 e. The van der Waals surface area contributed by atoms with Gasteiger partial charge in [-0.25, -0.2) is 5.06 Å². The summed E-state index contributed by atoms with van der Waals surface area (Å²) in [4.78, 5) is 16.6. The van der Waals surface area contributed by atoms with E-state index in [1.807, 2.05) is 0 Å². The van der Waals surface area contributed by atoms with Crippen molar-refractivity contribution in [2.45, 2.75) is 38.5 Å². The van der Waals surface area contributed by atoms with Crippen LogP contribution in [0.15, 0.2) is 0 Å². The van der Waals surface area contributed by atoms with Crippen LogP contribution in [0, 0.1) is 5.92 Å². The smallest absolute Gasteiger partial charge is 0.248 e. The van der Waals surface area contributed by atoms with Crippen molar-refractivity contribution in [1.29, 1.82) is 0 Å². The first-order valence-corrected chi connectivity index (χ1v) is 5.07. The van der Waals surface area contributed by atoms with Gasteiger partial charge in [0.2, 0.25) is 5.91 Å². The second-order valence-electron chi connectivity index (χ2n) is 3.71. The maximum absolute atomic E-state index is 11.7. The van der Waals surface area contributed by atoms with E-state index in [2.05, 4.69) is 0 Å². The normalized spacial score (nSPS) is 19.5. The Morgan fingerprint density at radius 3 is 2.23 bits per heavy atom. The van der Waals surface area contributed by atoms with Crippen LogP contribution in [0.4, 0.5) is 0 Å². The highest BCUT2D eigenvalue weighted by atomic mass is 16.7. The SMILES string of the molecule is CON(C)C(=O)C1CCCCCC1. The van der Waals surface area contributed by atoms with Crippen molar-refractivity contribution in [1.82, 2.24) is 5.06 Å². The third kappa shape index (κ3) is 2.99. The first-order chi connectivity index (χ1) is 6.25. The van der Waals surface area contributed by atoms with Crippen molar-refractivity contribution in [2.24, 2.45) is 5.92 Å². The molecule has 1 aliphatic rings. The van der Waals surface area contributed by atoms with E-state index in [4.69, 9.17) is 4.84 Å². The van der Waals surface area contributed by atoms with Gasteiger partial charge < -0.3 is 0 Å². The average molecular weight is 185 g/mol. The average Bonchev–Trinajstić information content (AvgIpc) is 2.43. The van der Waals surface area contributed by atoms with Crippen molar-refractivity contribution >= 4 is 5.91 Å². The summed E-state index contributed by atoms with van der Waals surface area (Å²) < 4.78 is 0. The molecular weight excluding hydrogens is 166 g/mol. The highest BCUT2D eigenvalue weighted by Gasteiger charge is 2.22. The zero-order valence-corrected chi connectivity index (χ0v) is 8.58. The van der Waals surface area contributed by atoms with Crippen molar-refractivity contribution < 1.29 is 9.63 Å². The molecule has 0 heterocycles. The van der Waals surface area contributed by atoms with Gasteiger partial charge in [-0.2, -0.15) is 0 Å². The fourth-order valence-electron chi connectivity index (χ4n) is 1.87. The van der Waals surface area contributed by atoms with E-state index < -0.39 is 0 Å². The summed E-state index contributed by atoms with van der Waals surface area (Å²) in [5.74, 6) is 0.344. The van der Waals surface area contributed by atoms with E-state index in [9.17, 15) is 4.79 Å². The van der Waals surface area contributed by atoms with Crippen molar-refractivity contribution in [3.05, 3.63) is 0 Å². The zero-order valence-electron chi connectivity index (χ0n) is 8.58. The monoisotopic (exact) mass is 185 g/mol. The Morgan fingerprint density at radius 2 is 1.77 bits per heavy atom. The van der Waals surface area contributed by atoms with Gasteiger partial charge in [0.15, 0.2) is 0 Å². The van der Waals surface area contributed by atoms with Crippen LogP contribution in [0.2, 0.25) is 0 Å². The number of hydroxylamine groups is 2. The first-order valence-electron chi connectivity index (χ1n) is 5.07. The van der Waals surface area contributed by atoms with Gasteiger partial charge in [0.05, 0.1) is 7.11 Å². The van der Waals surface area contributed by atoms with E-state index in [1.165, 1.54) is 37.9 Å². The van der Waals surface area contributed by atoms with Crippen LogP contribution >= 0.6 is 0 Å². The lowest BCUT2D eigenvalue weighted by Crippen LogP contribution is -2.31. The predicted octanol–water partition coefficient (Wildman–Crippen LogP) is 1.98. The third-order valence-corrected chi connectivity index (χ3v) is 2.79. The van der Waals surface area contributed by atoms with E-state index in [-0.39, 0.29) is 11.8 Å². The highest BCUT2D eigenvalue weighted by Crippen LogP contribution is 2.24. The molecule has 3 nitrogen and oxygen atoms in total. The largest absolute Gasteiger partial charge is 0.275 e. The Balaban J connectivity index is 2.43. The quantitative estimate of drug-likeness (QED) is 0.486. The minimum absolute atomic E-state index is 0.143. The van der Waals surface area contributed by atoms with Gasteiger partial charge in [-0.05, 0) is 12.8 Å². The van der Waals surface area contributed by atoms with Gasteiger partial charge >= 0.3 is 0 Å². The summed E-state index contributed by atoms with van der Waals surface area (Å²) in [6.07, 6.45) is 7.00. The number of hydrogen-bond acceptors (Lipinski definition) is 2. The van der Waals surface area contributed by atoms with Crippen molar-refractivity contribution in [2.75, 3.05) is 14.2 Å². The Labute approximate surface area is 80.0 Å². The molecule has 0 aromatic heterocycles. The third-order valence-electron chi connectivity index (χ3n) is 2.79. The van der Waals surface area contributed by atoms with E-state index in [0.29, 0.717) is 0 Å². The molecule has 0 aromatic rings. The fraction of sp³-hybridized carbons (Fsp3) is 0.900. The lowest BCUT2D eigenvalue weighted by Gasteiger charge is -2.20. The zero-order chi connectivity index (χ0) is 9.68. The van der Waals surface area contributed by atoms with Crippen LogP contribution in [-0.2, 0) is 9.63 Å². The number of hydrogen-bond donors (Lipinski definition) is 0. The maximum Gasteiger partial charge on any atom is 0.248 e. The number of amides is 1. The molecule has 0 unspecified atom stereocenters. The lowest BCUT2D eigenvalue weighted by atomic mass is 10.00. The molecule has 1 aliphatic carbocycles. The van der Waals surface area contributed by atoms with Gasteiger partial charge in [0.25, 0.3) is 0 Å². The van der Waals surface area contributed by atoms with E-state index >= 15 is 0 Å². The van der Waals surface area contributed by atoms with Crippen molar-refractivity contribution in [3.8, 4) is 0 Å². The van der Waals surface area contributed by atoms with Crippen molar-refractivity contribution in [3.63, 3.8) is 0 Å². The molecule has 1 rings (SSSR count). The second kappa shape index (κ2) is 5.22. The second-order valence-corrected chi connectivity index (χ2v) is 3.71. The molecule has 1 amide bonds. The van der Waals surface area contributed by atoms with Crippen LogP contribution in [0.3, 0.4) is 0 Å². The first kappa shape index (κ1) is 10.5. The Kier molecular flexibility index (Phi) is 4.22. The van der Waals surface area contributed by atoms with Crippen LogP contribution in [0.1, 0.15) is 38.5 Å². The molecule has 0 N–H and O–H groups in total. The molecule has 0 saturated heterocycles. The minimum atomic E-state index is 0.143. The number of rotatable bonds is 2. The number of nitrogens with zero attached hydrogens (tertiary/aromatic N) is 1. The molecule has 1 fully saturated rings. The summed E-state index contributed by atoms with van der Waals surface area (Å²) in [6, 6.07) is 0. The molecule has 13 heavy (non-hydrogen) atoms. The van der Waals surface area contributed by atoms with Crippen LogP contribution in [0.25, 0.3) is 0 Å². The Bertz CT molecular complexity index is 162. The Morgan fingerprint density at radius 1 is 1.23 bits per heavy atom. The summed E-state index contributed by atoms with van der Waals surface area (Å²) in [5.41, 5.74) is 0. The Hall–Kier alpha value is -0.570. The summed E-state index contributed by atoms with van der Waals surface area (Å²) >= 11 is 0. The maximum atomic E-state index is 11.7. The van der Waals surface area contributed by atoms with Gasteiger partial charge in [-0.3, -0.25) is 9.63 Å². The number of carbonyl (C=O) groups excluding carboxylic acids is 1. The molecule has 1 saturated carbocycles. The van der Waals surface area contributed by atoms with Gasteiger partial charge in [-0.15, -0.1) is 0 Å². The standard InChI is InChI=1S/C10H19NO2/c1-11(13-2)10(12)9-7-5-3-4-6-8-9/h9H,3-8H2,1-2H3. The fourth-order valence-corrected chi connectivity index (χ4v) is 1.87. The summed E-state index contributed by atoms with van der Waals surface area (Å²) in [5, 5.41) is 1.36. The highest BCUT2D eigenvalue weighted by molar-refractivity contribution is 5.77. The van der Waals surface area contributed by atoms with Gasteiger partial charge in [0.1, 0.15) is 0 Å². The van der Waals surface area contributed by atoms with Gasteiger partial charge in [-0.1, -0.05) is 25.7 Å².